The number of likely N-dealkylation sites (N-methyl/N-ethyl adjacent to an activating group) is 1. The number of nitrogens with zero attached hydrogens (tertiary/aromatic N) is 5. The quantitative estimate of drug-likeness (QED) is 0.414. The highest BCUT2D eigenvalue weighted by Gasteiger charge is 2.30. The summed E-state index contributed by atoms with van der Waals surface area (Å²) in [5.41, 5.74) is 6.48. The lowest BCUT2D eigenvalue weighted by atomic mass is 9.95. The lowest BCUT2D eigenvalue weighted by molar-refractivity contribution is -0.120. The number of pyridine rings is 1. The van der Waals surface area contributed by atoms with Crippen molar-refractivity contribution in [2.75, 3.05) is 24.7 Å². The number of hydrogen-bond donors (Lipinski definition) is 2. The number of carbonyl (C=O) groups excluding carboxylic acids is 2. The minimum atomic E-state index is -0.243. The summed E-state index contributed by atoms with van der Waals surface area (Å²) in [6, 6.07) is 11.3. The van der Waals surface area contributed by atoms with Crippen LogP contribution < -0.4 is 10.6 Å². The second-order valence-electron chi connectivity index (χ2n) is 8.98. The Hall–Kier alpha value is -3.89. The molecular formula is C26H27N7O2S. The molecule has 9 nitrogen and oxygen atoms in total. The number of nitrogens with one attached hydrogen (secondary N) is 2. The van der Waals surface area contributed by atoms with Gasteiger partial charge in [0.1, 0.15) is 0 Å². The van der Waals surface area contributed by atoms with E-state index in [9.17, 15) is 9.59 Å². The molecule has 0 radical (unpaired) electrons. The number of fused-ring (bicyclic) bond motifs is 3. The van der Waals surface area contributed by atoms with Gasteiger partial charge in [0.15, 0.2) is 5.13 Å². The molecule has 5 rings (SSSR count). The first-order chi connectivity index (χ1) is 17.3. The van der Waals surface area contributed by atoms with Crippen molar-refractivity contribution in [2.45, 2.75) is 32.7 Å². The first-order valence-corrected chi connectivity index (χ1v) is 12.5. The number of hydrogen-bond acceptors (Lipinski definition) is 7. The van der Waals surface area contributed by atoms with Crippen molar-refractivity contribution in [3.8, 4) is 27.5 Å². The third-order valence-electron chi connectivity index (χ3n) is 6.26. The number of thiazole rings is 1. The van der Waals surface area contributed by atoms with Gasteiger partial charge >= 0.3 is 0 Å². The van der Waals surface area contributed by atoms with Gasteiger partial charge in [-0.25, -0.2) is 9.67 Å². The molecule has 184 valence electrons. The number of aryl methyl sites for hydroxylation is 1. The molecule has 0 bridgehead atoms. The molecule has 0 aliphatic heterocycles. The van der Waals surface area contributed by atoms with Crippen LogP contribution in [-0.2, 0) is 22.4 Å². The van der Waals surface area contributed by atoms with Crippen LogP contribution in [0.15, 0.2) is 48.8 Å². The first-order valence-electron chi connectivity index (χ1n) is 11.7. The molecule has 36 heavy (non-hydrogen) atoms. The normalized spacial score (nSPS) is 13.1. The molecule has 0 saturated carbocycles. The highest BCUT2D eigenvalue weighted by Crippen LogP contribution is 2.44. The number of anilines is 2. The number of carbonyl (C=O) groups is 2. The summed E-state index contributed by atoms with van der Waals surface area (Å²) in [6.07, 6.45) is 5.12. The van der Waals surface area contributed by atoms with Crippen LogP contribution in [0.1, 0.15) is 25.1 Å². The summed E-state index contributed by atoms with van der Waals surface area (Å²) in [5.74, 6) is -0.213. The lowest BCUT2D eigenvalue weighted by Crippen LogP contribution is -2.37. The standard InChI is InChI=1S/C26H27N7O2S/c1-15(32(3)4)25(35)29-18-7-9-19(10-8-18)33-23-20(22(31-33)17-6-5-13-27-14-17)11-12-21-24(23)36-26(30-21)28-16(2)34/h5-10,13-15H,11-12H2,1-4H3,(H,29,35)(H,28,30,34). The molecule has 1 aromatic carbocycles. The molecule has 0 fully saturated rings. The van der Waals surface area contributed by atoms with Crippen LogP contribution in [0, 0.1) is 0 Å². The second-order valence-corrected chi connectivity index (χ2v) is 9.98. The zero-order valence-corrected chi connectivity index (χ0v) is 21.4. The molecule has 0 saturated heterocycles. The van der Waals surface area contributed by atoms with Gasteiger partial charge in [0.05, 0.1) is 33.7 Å². The van der Waals surface area contributed by atoms with Gasteiger partial charge in [-0.05, 0) is 70.3 Å². The van der Waals surface area contributed by atoms with E-state index in [1.807, 2.05) is 73.2 Å². The van der Waals surface area contributed by atoms with Crippen molar-refractivity contribution in [1.29, 1.82) is 0 Å². The zero-order valence-electron chi connectivity index (χ0n) is 20.6. The molecule has 1 atom stereocenters. The van der Waals surface area contributed by atoms with E-state index in [2.05, 4.69) is 20.6 Å². The Morgan fingerprint density at radius 2 is 1.89 bits per heavy atom. The molecular weight excluding hydrogens is 474 g/mol. The fourth-order valence-corrected chi connectivity index (χ4v) is 5.28. The number of aromatic nitrogens is 4. The summed E-state index contributed by atoms with van der Waals surface area (Å²) in [5, 5.41) is 11.4. The van der Waals surface area contributed by atoms with Gasteiger partial charge in [-0.3, -0.25) is 19.5 Å². The van der Waals surface area contributed by atoms with Gasteiger partial charge in [0.25, 0.3) is 0 Å². The summed E-state index contributed by atoms with van der Waals surface area (Å²) in [4.78, 5) is 35.9. The van der Waals surface area contributed by atoms with Crippen molar-refractivity contribution in [1.82, 2.24) is 24.6 Å². The third kappa shape index (κ3) is 4.52. The molecule has 2 N–H and O–H groups in total. The van der Waals surface area contributed by atoms with E-state index in [0.717, 1.165) is 57.3 Å². The zero-order chi connectivity index (χ0) is 25.4. The Kier molecular flexibility index (Phi) is 6.38. The molecule has 3 aromatic heterocycles. The average molecular weight is 502 g/mol. The monoisotopic (exact) mass is 501 g/mol. The summed E-state index contributed by atoms with van der Waals surface area (Å²) in [6.45, 7) is 3.35. The Morgan fingerprint density at radius 1 is 1.11 bits per heavy atom. The van der Waals surface area contributed by atoms with Crippen LogP contribution >= 0.6 is 11.3 Å². The van der Waals surface area contributed by atoms with E-state index in [0.29, 0.717) is 5.13 Å². The Balaban J connectivity index is 1.57. The van der Waals surface area contributed by atoms with E-state index < -0.39 is 0 Å². The highest BCUT2D eigenvalue weighted by atomic mass is 32.1. The van der Waals surface area contributed by atoms with Crippen LogP contribution in [0.3, 0.4) is 0 Å². The molecule has 1 aliphatic rings. The highest BCUT2D eigenvalue weighted by molar-refractivity contribution is 7.19. The van der Waals surface area contributed by atoms with Crippen LogP contribution in [-0.4, -0.2) is 56.6 Å². The largest absolute Gasteiger partial charge is 0.325 e. The fraction of sp³-hybridized carbons (Fsp3) is 0.269. The molecule has 10 heteroatoms. The van der Waals surface area contributed by atoms with Crippen molar-refractivity contribution < 1.29 is 9.59 Å². The minimum Gasteiger partial charge on any atom is -0.325 e. The predicted molar refractivity (Wildman–Crippen MR) is 141 cm³/mol. The third-order valence-corrected chi connectivity index (χ3v) is 7.28. The molecule has 3 heterocycles. The second kappa shape index (κ2) is 9.63. The van der Waals surface area contributed by atoms with E-state index in [1.54, 1.807) is 6.20 Å². The van der Waals surface area contributed by atoms with Crippen LogP contribution in [0.4, 0.5) is 10.8 Å². The van der Waals surface area contributed by atoms with Crippen molar-refractivity contribution in [3.05, 3.63) is 60.0 Å². The Bertz CT molecular complexity index is 1420. The topological polar surface area (TPSA) is 105 Å². The van der Waals surface area contributed by atoms with Gasteiger partial charge in [-0.2, -0.15) is 5.10 Å². The maximum absolute atomic E-state index is 12.5. The number of amides is 2. The molecule has 1 aliphatic carbocycles. The maximum Gasteiger partial charge on any atom is 0.241 e. The fourth-order valence-electron chi connectivity index (χ4n) is 4.16. The van der Waals surface area contributed by atoms with E-state index >= 15 is 0 Å². The van der Waals surface area contributed by atoms with Crippen LogP contribution in [0.5, 0.6) is 0 Å². The summed E-state index contributed by atoms with van der Waals surface area (Å²) >= 11 is 1.46. The van der Waals surface area contributed by atoms with Crippen molar-refractivity contribution in [2.24, 2.45) is 0 Å². The van der Waals surface area contributed by atoms with Crippen molar-refractivity contribution in [3.63, 3.8) is 0 Å². The van der Waals surface area contributed by atoms with Gasteiger partial charge in [0.2, 0.25) is 11.8 Å². The van der Waals surface area contributed by atoms with E-state index in [1.165, 1.54) is 18.3 Å². The van der Waals surface area contributed by atoms with Crippen molar-refractivity contribution >= 4 is 34.0 Å². The predicted octanol–water partition coefficient (Wildman–Crippen LogP) is 4.00. The lowest BCUT2D eigenvalue weighted by Gasteiger charge is -2.19. The molecule has 1 unspecified atom stereocenters. The minimum absolute atomic E-state index is 0.0668. The molecule has 2 amide bonds. The number of rotatable bonds is 6. The maximum atomic E-state index is 12.5. The Morgan fingerprint density at radius 3 is 2.56 bits per heavy atom. The first kappa shape index (κ1) is 23.8. The summed E-state index contributed by atoms with van der Waals surface area (Å²) < 4.78 is 1.93. The average Bonchev–Trinajstić information content (AvgIpc) is 3.45. The van der Waals surface area contributed by atoms with Crippen LogP contribution in [0.25, 0.3) is 27.5 Å². The smallest absolute Gasteiger partial charge is 0.241 e. The van der Waals surface area contributed by atoms with Gasteiger partial charge in [-0.15, -0.1) is 0 Å². The number of benzene rings is 1. The van der Waals surface area contributed by atoms with Gasteiger partial charge < -0.3 is 10.6 Å². The van der Waals surface area contributed by atoms with Gasteiger partial charge in [-0.1, -0.05) is 11.3 Å². The molecule has 4 aromatic rings. The SMILES string of the molecule is CC(=O)Nc1nc2c(s1)-c1c(c(-c3cccnc3)nn1-c1ccc(NC(=O)C(C)N(C)C)cc1)CC2. The van der Waals surface area contributed by atoms with Gasteiger partial charge in [0, 0.05) is 36.1 Å². The molecule has 0 spiro atoms. The van der Waals surface area contributed by atoms with E-state index in [4.69, 9.17) is 5.10 Å². The van der Waals surface area contributed by atoms with Crippen LogP contribution in [0.2, 0.25) is 0 Å². The Labute approximate surface area is 213 Å². The van der Waals surface area contributed by atoms with E-state index in [-0.39, 0.29) is 17.9 Å². The summed E-state index contributed by atoms with van der Waals surface area (Å²) in [7, 11) is 3.75.